The van der Waals surface area contributed by atoms with Crippen molar-refractivity contribution in [3.05, 3.63) is 18.0 Å². The molecule has 1 aromatic heterocycles. The third-order valence-electron chi connectivity index (χ3n) is 2.32. The molecule has 5 nitrogen and oxygen atoms in total. The first-order valence-electron chi connectivity index (χ1n) is 4.67. The molecule has 5 heteroatoms. The number of nitrogens with two attached hydrogens (primary N) is 2. The molecule has 4 N–H and O–H groups in total. The molecule has 0 amide bonds. The van der Waals surface area contributed by atoms with Gasteiger partial charge in [0.15, 0.2) is 0 Å². The molecule has 1 heterocycles. The summed E-state index contributed by atoms with van der Waals surface area (Å²) in [5.41, 5.74) is 11.0. The van der Waals surface area contributed by atoms with Crippen LogP contribution in [-0.4, -0.2) is 15.0 Å². The van der Waals surface area contributed by atoms with E-state index in [1.54, 1.807) is 0 Å². The van der Waals surface area contributed by atoms with E-state index in [9.17, 15) is 0 Å². The number of hydrogen-bond acceptors (Lipinski definition) is 5. The van der Waals surface area contributed by atoms with Crippen molar-refractivity contribution in [3.8, 4) is 0 Å². The second-order valence-corrected chi connectivity index (χ2v) is 3.39. The summed E-state index contributed by atoms with van der Waals surface area (Å²) in [6.07, 6.45) is 7.40. The van der Waals surface area contributed by atoms with Crippen LogP contribution in [0.2, 0.25) is 0 Å². The fourth-order valence-corrected chi connectivity index (χ4v) is 1.64. The van der Waals surface area contributed by atoms with Crippen molar-refractivity contribution in [1.29, 1.82) is 0 Å². The first-order valence-corrected chi connectivity index (χ1v) is 4.67. The van der Waals surface area contributed by atoms with Gasteiger partial charge in [-0.1, -0.05) is 12.2 Å². The average Bonchev–Trinajstić information content (AvgIpc) is 2.18. The Bertz CT molecular complexity index is 340. The van der Waals surface area contributed by atoms with Crippen LogP contribution in [0.3, 0.4) is 0 Å². The third kappa shape index (κ3) is 1.81. The Morgan fingerprint density at radius 3 is 2.36 bits per heavy atom. The fourth-order valence-electron chi connectivity index (χ4n) is 1.64. The summed E-state index contributed by atoms with van der Waals surface area (Å²) in [4.78, 5) is 11.9. The highest BCUT2D eigenvalue weighted by atomic mass is 15.1. The Hall–Kier alpha value is -1.65. The summed E-state index contributed by atoms with van der Waals surface area (Å²) >= 11 is 0. The predicted molar refractivity (Wildman–Crippen MR) is 54.4 cm³/mol. The van der Waals surface area contributed by atoms with Gasteiger partial charge in [0.05, 0.1) is 0 Å². The molecule has 1 aliphatic carbocycles. The summed E-state index contributed by atoms with van der Waals surface area (Å²) in [6, 6.07) is 0. The molecule has 0 aromatic carbocycles. The van der Waals surface area contributed by atoms with E-state index in [4.69, 9.17) is 11.5 Å². The smallest absolute Gasteiger partial charge is 0.225 e. The van der Waals surface area contributed by atoms with E-state index >= 15 is 0 Å². The first-order chi connectivity index (χ1) is 6.75. The number of rotatable bonds is 1. The Morgan fingerprint density at radius 2 is 1.79 bits per heavy atom. The molecular formula is C9H13N5. The molecule has 74 valence electrons. The van der Waals surface area contributed by atoms with Crippen LogP contribution >= 0.6 is 0 Å². The number of allylic oxidation sites excluding steroid dienone is 2. The lowest BCUT2D eigenvalue weighted by atomic mass is 9.94. The fraction of sp³-hybridized carbons (Fsp3) is 0.444. The maximum Gasteiger partial charge on any atom is 0.225 e. The molecule has 0 radical (unpaired) electrons. The van der Waals surface area contributed by atoms with Crippen LogP contribution in [-0.2, 0) is 0 Å². The summed E-state index contributed by atoms with van der Waals surface area (Å²) < 4.78 is 0. The molecule has 0 spiro atoms. The topological polar surface area (TPSA) is 90.7 Å². The Kier molecular flexibility index (Phi) is 2.30. The molecule has 0 saturated heterocycles. The largest absolute Gasteiger partial charge is 0.368 e. The van der Waals surface area contributed by atoms with Crippen LogP contribution < -0.4 is 11.5 Å². The monoisotopic (exact) mass is 191 g/mol. The molecule has 0 bridgehead atoms. The standard InChI is InChI=1S/C9H13N5/c10-8-12-7(13-9(11)14-8)6-4-2-1-3-5-6/h1-2,6H,3-5H2,(H4,10,11,12,13,14)/t6-/m1/s1. The van der Waals surface area contributed by atoms with Crippen molar-refractivity contribution in [2.24, 2.45) is 0 Å². The molecule has 2 rings (SSSR count). The van der Waals surface area contributed by atoms with Crippen molar-refractivity contribution >= 4 is 11.9 Å². The Morgan fingerprint density at radius 1 is 1.07 bits per heavy atom. The van der Waals surface area contributed by atoms with E-state index in [0.29, 0.717) is 5.92 Å². The number of anilines is 2. The van der Waals surface area contributed by atoms with Crippen LogP contribution in [0.4, 0.5) is 11.9 Å². The van der Waals surface area contributed by atoms with E-state index in [1.165, 1.54) is 0 Å². The van der Waals surface area contributed by atoms with Crippen molar-refractivity contribution in [3.63, 3.8) is 0 Å². The van der Waals surface area contributed by atoms with E-state index in [1.807, 2.05) is 0 Å². The predicted octanol–water partition coefficient (Wildman–Crippen LogP) is 0.860. The zero-order valence-corrected chi connectivity index (χ0v) is 7.85. The summed E-state index contributed by atoms with van der Waals surface area (Å²) in [5, 5.41) is 0. The van der Waals surface area contributed by atoms with Crippen LogP contribution in [0.5, 0.6) is 0 Å². The molecule has 0 saturated carbocycles. The van der Waals surface area contributed by atoms with Crippen molar-refractivity contribution in [1.82, 2.24) is 15.0 Å². The highest BCUT2D eigenvalue weighted by Gasteiger charge is 2.16. The van der Waals surface area contributed by atoms with E-state index < -0.39 is 0 Å². The van der Waals surface area contributed by atoms with Gasteiger partial charge in [-0.2, -0.15) is 15.0 Å². The Balaban J connectivity index is 2.26. The highest BCUT2D eigenvalue weighted by molar-refractivity contribution is 5.27. The van der Waals surface area contributed by atoms with Gasteiger partial charge in [-0.3, -0.25) is 0 Å². The van der Waals surface area contributed by atoms with Gasteiger partial charge in [-0.05, 0) is 19.3 Å². The van der Waals surface area contributed by atoms with Gasteiger partial charge in [0.1, 0.15) is 5.82 Å². The normalized spacial score (nSPS) is 21.0. The number of aromatic nitrogens is 3. The van der Waals surface area contributed by atoms with Crippen LogP contribution in [0, 0.1) is 0 Å². The molecular weight excluding hydrogens is 178 g/mol. The van der Waals surface area contributed by atoms with Gasteiger partial charge in [0, 0.05) is 5.92 Å². The first kappa shape index (κ1) is 8.93. The highest BCUT2D eigenvalue weighted by Crippen LogP contribution is 2.26. The van der Waals surface area contributed by atoms with Crippen molar-refractivity contribution in [2.75, 3.05) is 11.5 Å². The third-order valence-corrected chi connectivity index (χ3v) is 2.32. The molecule has 1 aliphatic rings. The lowest BCUT2D eigenvalue weighted by Gasteiger charge is -2.16. The maximum atomic E-state index is 5.51. The average molecular weight is 191 g/mol. The van der Waals surface area contributed by atoms with Gasteiger partial charge in [-0.25, -0.2) is 0 Å². The number of nitrogens with zero attached hydrogens (tertiary/aromatic N) is 3. The lowest BCUT2D eigenvalue weighted by molar-refractivity contribution is 0.581. The minimum Gasteiger partial charge on any atom is -0.368 e. The number of hydrogen-bond donors (Lipinski definition) is 2. The van der Waals surface area contributed by atoms with Gasteiger partial charge in [0.25, 0.3) is 0 Å². The summed E-state index contributed by atoms with van der Waals surface area (Å²) in [6.45, 7) is 0. The molecule has 0 aliphatic heterocycles. The van der Waals surface area contributed by atoms with Gasteiger partial charge < -0.3 is 11.5 Å². The molecule has 1 atom stereocenters. The molecule has 0 fully saturated rings. The van der Waals surface area contributed by atoms with Gasteiger partial charge in [-0.15, -0.1) is 0 Å². The van der Waals surface area contributed by atoms with E-state index in [0.717, 1.165) is 25.1 Å². The molecule has 1 aromatic rings. The SMILES string of the molecule is Nc1nc(N)nc([C@@H]2CC=CCC2)n1. The lowest BCUT2D eigenvalue weighted by Crippen LogP contribution is -2.11. The van der Waals surface area contributed by atoms with E-state index in [2.05, 4.69) is 27.1 Å². The molecule has 0 unspecified atom stereocenters. The summed E-state index contributed by atoms with van der Waals surface area (Å²) in [5.74, 6) is 1.48. The Labute approximate surface area is 82.3 Å². The van der Waals surface area contributed by atoms with Crippen molar-refractivity contribution < 1.29 is 0 Å². The maximum absolute atomic E-state index is 5.51. The second kappa shape index (κ2) is 3.61. The van der Waals surface area contributed by atoms with Gasteiger partial charge in [0.2, 0.25) is 11.9 Å². The second-order valence-electron chi connectivity index (χ2n) is 3.39. The zero-order chi connectivity index (χ0) is 9.97. The van der Waals surface area contributed by atoms with Crippen LogP contribution in [0.25, 0.3) is 0 Å². The van der Waals surface area contributed by atoms with Crippen LogP contribution in [0.15, 0.2) is 12.2 Å². The minimum atomic E-state index is 0.210. The summed E-state index contributed by atoms with van der Waals surface area (Å²) in [7, 11) is 0. The van der Waals surface area contributed by atoms with Crippen molar-refractivity contribution in [2.45, 2.75) is 25.2 Å². The quantitative estimate of drug-likeness (QED) is 0.642. The minimum absolute atomic E-state index is 0.210. The molecule has 14 heavy (non-hydrogen) atoms. The number of nitrogen functional groups attached to an aromatic ring is 2. The van der Waals surface area contributed by atoms with Gasteiger partial charge >= 0.3 is 0 Å². The zero-order valence-electron chi connectivity index (χ0n) is 7.85. The van der Waals surface area contributed by atoms with Crippen LogP contribution in [0.1, 0.15) is 31.0 Å². The van der Waals surface area contributed by atoms with E-state index in [-0.39, 0.29) is 11.9 Å².